The standard InChI is InChI=1S/C22H17N3O2S/c1-15-7-5-12-20(23-15)24-22-25(17-9-3-2-4-10-17)21(27)19(28-22)14-16-8-6-11-18(26)13-16/h2-14,26H,1H3/b19-14-,24-22+. The Labute approximate surface area is 167 Å². The highest BCUT2D eigenvalue weighted by atomic mass is 32.2. The maximum Gasteiger partial charge on any atom is 0.271 e. The van der Waals surface area contributed by atoms with Crippen LogP contribution in [0.4, 0.5) is 11.5 Å². The third-order valence-corrected chi connectivity index (χ3v) is 5.04. The van der Waals surface area contributed by atoms with Crippen LogP contribution in [-0.2, 0) is 4.79 Å². The molecule has 2 aromatic carbocycles. The Morgan fingerprint density at radius 2 is 1.82 bits per heavy atom. The van der Waals surface area contributed by atoms with Crippen molar-refractivity contribution in [1.29, 1.82) is 0 Å². The summed E-state index contributed by atoms with van der Waals surface area (Å²) in [7, 11) is 0. The van der Waals surface area contributed by atoms with Crippen LogP contribution in [0.5, 0.6) is 5.75 Å². The molecule has 1 saturated heterocycles. The van der Waals surface area contributed by atoms with Crippen LogP contribution < -0.4 is 4.90 Å². The van der Waals surface area contributed by atoms with E-state index < -0.39 is 0 Å². The maximum atomic E-state index is 13.1. The topological polar surface area (TPSA) is 65.8 Å². The number of pyridine rings is 1. The van der Waals surface area contributed by atoms with Gasteiger partial charge in [0.2, 0.25) is 0 Å². The molecule has 28 heavy (non-hydrogen) atoms. The summed E-state index contributed by atoms with van der Waals surface area (Å²) in [4.78, 5) is 24.3. The van der Waals surface area contributed by atoms with Gasteiger partial charge in [0.15, 0.2) is 11.0 Å². The number of hydrogen-bond donors (Lipinski definition) is 1. The molecule has 1 aliphatic heterocycles. The van der Waals surface area contributed by atoms with Gasteiger partial charge < -0.3 is 5.11 Å². The molecule has 6 heteroatoms. The molecular formula is C22H17N3O2S. The first kappa shape index (κ1) is 18.0. The van der Waals surface area contributed by atoms with Crippen LogP contribution in [0.1, 0.15) is 11.3 Å². The number of phenolic OH excluding ortho intramolecular Hbond substituents is 1. The number of carbonyl (C=O) groups excluding carboxylic acids is 1. The summed E-state index contributed by atoms with van der Waals surface area (Å²) in [6.07, 6.45) is 1.76. The number of amides is 1. The number of amidine groups is 1. The zero-order chi connectivity index (χ0) is 19.5. The average Bonchev–Trinajstić information content (AvgIpc) is 2.97. The van der Waals surface area contributed by atoms with Gasteiger partial charge in [-0.25, -0.2) is 9.98 Å². The van der Waals surface area contributed by atoms with Gasteiger partial charge >= 0.3 is 0 Å². The Balaban J connectivity index is 1.78. The molecule has 138 valence electrons. The lowest BCUT2D eigenvalue weighted by Gasteiger charge is -2.15. The number of benzene rings is 2. The van der Waals surface area contributed by atoms with Gasteiger partial charge in [0.1, 0.15) is 5.75 Å². The van der Waals surface area contributed by atoms with Gasteiger partial charge in [-0.05, 0) is 66.7 Å². The molecule has 4 rings (SSSR count). The summed E-state index contributed by atoms with van der Waals surface area (Å²) < 4.78 is 0. The Morgan fingerprint density at radius 3 is 2.57 bits per heavy atom. The lowest BCUT2D eigenvalue weighted by atomic mass is 10.2. The normalized spacial score (nSPS) is 16.9. The molecule has 1 fully saturated rings. The molecule has 0 radical (unpaired) electrons. The summed E-state index contributed by atoms with van der Waals surface area (Å²) in [6, 6.07) is 21.8. The van der Waals surface area contributed by atoms with Gasteiger partial charge in [-0.1, -0.05) is 36.4 Å². The van der Waals surface area contributed by atoms with E-state index in [1.54, 1.807) is 29.2 Å². The summed E-state index contributed by atoms with van der Waals surface area (Å²) >= 11 is 1.29. The zero-order valence-electron chi connectivity index (χ0n) is 15.1. The first-order chi connectivity index (χ1) is 13.6. The molecule has 5 nitrogen and oxygen atoms in total. The van der Waals surface area contributed by atoms with Gasteiger partial charge in [-0.3, -0.25) is 9.69 Å². The number of rotatable bonds is 3. The van der Waals surface area contributed by atoms with Crippen molar-refractivity contribution < 1.29 is 9.90 Å². The van der Waals surface area contributed by atoms with Crippen molar-refractivity contribution >= 4 is 40.4 Å². The molecule has 0 unspecified atom stereocenters. The molecule has 1 aromatic heterocycles. The smallest absolute Gasteiger partial charge is 0.271 e. The highest BCUT2D eigenvalue weighted by Gasteiger charge is 2.34. The van der Waals surface area contributed by atoms with E-state index in [4.69, 9.17) is 0 Å². The van der Waals surface area contributed by atoms with E-state index in [1.165, 1.54) is 11.8 Å². The summed E-state index contributed by atoms with van der Waals surface area (Å²) in [5.74, 6) is 0.545. The Kier molecular flexibility index (Phi) is 4.95. The molecule has 0 aliphatic carbocycles. The van der Waals surface area contributed by atoms with E-state index in [9.17, 15) is 9.90 Å². The second-order valence-corrected chi connectivity index (χ2v) is 7.22. The van der Waals surface area contributed by atoms with E-state index in [0.717, 1.165) is 16.9 Å². The van der Waals surface area contributed by atoms with Crippen molar-refractivity contribution in [1.82, 2.24) is 4.98 Å². The largest absolute Gasteiger partial charge is 0.508 e. The van der Waals surface area contributed by atoms with Crippen LogP contribution in [-0.4, -0.2) is 21.2 Å². The molecule has 0 spiro atoms. The minimum absolute atomic E-state index is 0.155. The predicted molar refractivity (Wildman–Crippen MR) is 114 cm³/mol. The van der Waals surface area contributed by atoms with Crippen molar-refractivity contribution in [2.24, 2.45) is 4.99 Å². The van der Waals surface area contributed by atoms with Gasteiger partial charge in [0, 0.05) is 5.69 Å². The molecule has 0 atom stereocenters. The van der Waals surface area contributed by atoms with Crippen LogP contribution in [0.3, 0.4) is 0 Å². The minimum Gasteiger partial charge on any atom is -0.508 e. The minimum atomic E-state index is -0.161. The van der Waals surface area contributed by atoms with Crippen LogP contribution in [0.25, 0.3) is 6.08 Å². The molecule has 1 N–H and O–H groups in total. The van der Waals surface area contributed by atoms with E-state index in [2.05, 4.69) is 9.98 Å². The maximum absolute atomic E-state index is 13.1. The van der Waals surface area contributed by atoms with Gasteiger partial charge in [-0.2, -0.15) is 0 Å². The number of aromatic hydroxyl groups is 1. The SMILES string of the molecule is Cc1cccc(/N=C2/S/C(=C\c3cccc(O)c3)C(=O)N2c2ccccc2)n1. The summed E-state index contributed by atoms with van der Waals surface area (Å²) in [5, 5.41) is 10.2. The zero-order valence-corrected chi connectivity index (χ0v) is 15.9. The second kappa shape index (κ2) is 7.70. The third kappa shape index (κ3) is 3.82. The fraction of sp³-hybridized carbons (Fsp3) is 0.0455. The number of aromatic nitrogens is 1. The number of anilines is 1. The monoisotopic (exact) mass is 387 g/mol. The Bertz CT molecular complexity index is 1090. The number of para-hydroxylation sites is 1. The van der Waals surface area contributed by atoms with E-state index >= 15 is 0 Å². The van der Waals surface area contributed by atoms with E-state index in [-0.39, 0.29) is 11.7 Å². The first-order valence-corrected chi connectivity index (χ1v) is 9.52. The highest BCUT2D eigenvalue weighted by molar-refractivity contribution is 8.19. The highest BCUT2D eigenvalue weighted by Crippen LogP contribution is 2.37. The summed E-state index contributed by atoms with van der Waals surface area (Å²) in [6.45, 7) is 1.90. The van der Waals surface area contributed by atoms with Crippen LogP contribution in [0, 0.1) is 6.92 Å². The van der Waals surface area contributed by atoms with E-state index in [1.807, 2.05) is 61.5 Å². The molecule has 1 aliphatic rings. The number of aryl methyl sites for hydroxylation is 1. The average molecular weight is 387 g/mol. The van der Waals surface area contributed by atoms with Crippen LogP contribution in [0.15, 0.2) is 82.7 Å². The molecule has 1 amide bonds. The van der Waals surface area contributed by atoms with Crippen molar-refractivity contribution in [3.8, 4) is 5.75 Å². The van der Waals surface area contributed by atoms with Gasteiger partial charge in [0.05, 0.1) is 10.6 Å². The number of aliphatic imine (C=N–C) groups is 1. The molecule has 0 saturated carbocycles. The number of phenols is 1. The van der Waals surface area contributed by atoms with Crippen molar-refractivity contribution in [3.05, 3.63) is 89.0 Å². The fourth-order valence-corrected chi connectivity index (χ4v) is 3.80. The Hall–Kier alpha value is -3.38. The molecule has 0 bridgehead atoms. The van der Waals surface area contributed by atoms with Crippen molar-refractivity contribution in [2.75, 3.05) is 4.90 Å². The third-order valence-electron chi connectivity index (χ3n) is 4.07. The number of thioether (sulfide) groups is 1. The quantitative estimate of drug-likeness (QED) is 0.649. The lowest BCUT2D eigenvalue weighted by Crippen LogP contribution is -2.28. The predicted octanol–water partition coefficient (Wildman–Crippen LogP) is 4.90. The van der Waals surface area contributed by atoms with Crippen molar-refractivity contribution in [3.63, 3.8) is 0 Å². The molecule has 3 aromatic rings. The van der Waals surface area contributed by atoms with Crippen molar-refractivity contribution in [2.45, 2.75) is 6.92 Å². The van der Waals surface area contributed by atoms with Crippen LogP contribution in [0.2, 0.25) is 0 Å². The second-order valence-electron chi connectivity index (χ2n) is 6.21. The van der Waals surface area contributed by atoms with Gasteiger partial charge in [0.25, 0.3) is 5.91 Å². The number of hydrogen-bond acceptors (Lipinski definition) is 5. The number of carbonyl (C=O) groups is 1. The van der Waals surface area contributed by atoms with Crippen LogP contribution >= 0.6 is 11.8 Å². The van der Waals surface area contributed by atoms with Gasteiger partial charge in [-0.15, -0.1) is 0 Å². The number of nitrogens with zero attached hydrogens (tertiary/aromatic N) is 3. The fourth-order valence-electron chi connectivity index (χ4n) is 2.81. The molecular weight excluding hydrogens is 370 g/mol. The van der Waals surface area contributed by atoms with E-state index in [0.29, 0.717) is 15.9 Å². The first-order valence-electron chi connectivity index (χ1n) is 8.70. The lowest BCUT2D eigenvalue weighted by molar-refractivity contribution is -0.113. The Morgan fingerprint density at radius 1 is 1.04 bits per heavy atom. The summed E-state index contributed by atoms with van der Waals surface area (Å²) in [5.41, 5.74) is 2.35. The molecule has 2 heterocycles.